The van der Waals surface area contributed by atoms with Gasteiger partial charge in [0.1, 0.15) is 0 Å². The van der Waals surface area contributed by atoms with E-state index < -0.39 is 0 Å². The van der Waals surface area contributed by atoms with Crippen LogP contribution in [0.3, 0.4) is 0 Å². The Balaban J connectivity index is 1.62. The minimum Gasteiger partial charge on any atom is -0.342 e. The van der Waals surface area contributed by atoms with Crippen molar-refractivity contribution >= 4 is 29.3 Å². The van der Waals surface area contributed by atoms with Crippen molar-refractivity contribution in [3.8, 4) is 0 Å². The lowest BCUT2D eigenvalue weighted by molar-refractivity contribution is -0.113. The predicted octanol–water partition coefficient (Wildman–Crippen LogP) is 4.14. The molecule has 0 aliphatic carbocycles. The van der Waals surface area contributed by atoms with Crippen molar-refractivity contribution in [3.05, 3.63) is 71.0 Å². The molecule has 2 N–H and O–H groups in total. The van der Waals surface area contributed by atoms with Crippen molar-refractivity contribution in [1.29, 1.82) is 0 Å². The standard InChI is InChI=1S/C23H27N5O2S/c1-5-28-21(17(4)24-22(30)18-9-7-6-8-10-18)26-27-23(28)31-14-20(29)25-19-12-15(2)11-16(3)13-19/h6-13,17H,5,14H2,1-4H3,(H,24,30)(H,25,29)/t17-/m0/s1. The van der Waals surface area contributed by atoms with Gasteiger partial charge in [-0.1, -0.05) is 36.0 Å². The van der Waals surface area contributed by atoms with Crippen LogP contribution in [0.25, 0.3) is 0 Å². The number of amides is 2. The van der Waals surface area contributed by atoms with Crippen molar-refractivity contribution in [2.45, 2.75) is 45.4 Å². The fourth-order valence-corrected chi connectivity index (χ4v) is 4.14. The SMILES string of the molecule is CCn1c(SCC(=O)Nc2cc(C)cc(C)c2)nnc1[C@H](C)NC(=O)c1ccccc1. The lowest BCUT2D eigenvalue weighted by Gasteiger charge is -2.15. The van der Waals surface area contributed by atoms with E-state index in [1.165, 1.54) is 11.8 Å². The van der Waals surface area contributed by atoms with Crippen LogP contribution in [0.1, 0.15) is 47.2 Å². The van der Waals surface area contributed by atoms with Gasteiger partial charge in [-0.2, -0.15) is 0 Å². The lowest BCUT2D eigenvalue weighted by Crippen LogP contribution is -2.28. The second kappa shape index (κ2) is 10.3. The summed E-state index contributed by atoms with van der Waals surface area (Å²) >= 11 is 1.33. The van der Waals surface area contributed by atoms with E-state index in [0.29, 0.717) is 23.1 Å². The summed E-state index contributed by atoms with van der Waals surface area (Å²) in [6, 6.07) is 14.7. The van der Waals surface area contributed by atoms with Gasteiger partial charge >= 0.3 is 0 Å². The van der Waals surface area contributed by atoms with Gasteiger partial charge in [-0.15, -0.1) is 10.2 Å². The Morgan fingerprint density at radius 1 is 1.06 bits per heavy atom. The number of aromatic nitrogens is 3. The maximum Gasteiger partial charge on any atom is 0.251 e. The molecule has 0 saturated carbocycles. The summed E-state index contributed by atoms with van der Waals surface area (Å²) in [6.45, 7) is 8.49. The fourth-order valence-electron chi connectivity index (χ4n) is 3.33. The van der Waals surface area contributed by atoms with E-state index in [2.05, 4.69) is 26.9 Å². The number of carbonyl (C=O) groups excluding carboxylic acids is 2. The quantitative estimate of drug-likeness (QED) is 0.517. The highest BCUT2D eigenvalue weighted by molar-refractivity contribution is 7.99. The number of rotatable bonds is 8. The molecule has 2 aromatic carbocycles. The van der Waals surface area contributed by atoms with E-state index in [9.17, 15) is 9.59 Å². The van der Waals surface area contributed by atoms with Crippen LogP contribution in [-0.4, -0.2) is 32.3 Å². The van der Waals surface area contributed by atoms with Crippen LogP contribution in [0.2, 0.25) is 0 Å². The van der Waals surface area contributed by atoms with Gasteiger partial charge in [-0.05, 0) is 63.1 Å². The molecule has 3 aromatic rings. The molecule has 0 aliphatic rings. The average Bonchev–Trinajstić information content (AvgIpc) is 3.15. The smallest absolute Gasteiger partial charge is 0.251 e. The first-order chi connectivity index (χ1) is 14.9. The summed E-state index contributed by atoms with van der Waals surface area (Å²) < 4.78 is 1.92. The monoisotopic (exact) mass is 437 g/mol. The first kappa shape index (κ1) is 22.6. The Kier molecular flexibility index (Phi) is 7.46. The normalized spacial score (nSPS) is 11.7. The van der Waals surface area contributed by atoms with Crippen molar-refractivity contribution in [1.82, 2.24) is 20.1 Å². The topological polar surface area (TPSA) is 88.9 Å². The highest BCUT2D eigenvalue weighted by Crippen LogP contribution is 2.21. The number of aryl methyl sites for hydroxylation is 2. The summed E-state index contributed by atoms with van der Waals surface area (Å²) in [5, 5.41) is 15.0. The second-order valence-corrected chi connectivity index (χ2v) is 8.30. The fraction of sp³-hybridized carbons (Fsp3) is 0.304. The molecule has 162 valence electrons. The van der Waals surface area contributed by atoms with Gasteiger partial charge in [-0.25, -0.2) is 0 Å². The Labute approximate surface area is 186 Å². The summed E-state index contributed by atoms with van der Waals surface area (Å²) in [6.07, 6.45) is 0. The Morgan fingerprint density at radius 2 is 1.74 bits per heavy atom. The molecule has 7 nitrogen and oxygen atoms in total. The van der Waals surface area contributed by atoms with Gasteiger partial charge in [0.2, 0.25) is 5.91 Å². The molecule has 1 atom stereocenters. The molecule has 1 aromatic heterocycles. The first-order valence-corrected chi connectivity index (χ1v) is 11.2. The number of anilines is 1. The highest BCUT2D eigenvalue weighted by atomic mass is 32.2. The molecule has 8 heteroatoms. The third-order valence-corrected chi connectivity index (χ3v) is 5.64. The maximum atomic E-state index is 12.4. The molecule has 0 spiro atoms. The number of nitrogens with one attached hydrogen (secondary N) is 2. The molecular formula is C23H27N5O2S. The number of carbonyl (C=O) groups is 2. The zero-order valence-corrected chi connectivity index (χ0v) is 19.0. The van der Waals surface area contributed by atoms with Crippen LogP contribution in [0.4, 0.5) is 5.69 Å². The van der Waals surface area contributed by atoms with E-state index in [4.69, 9.17) is 0 Å². The minimum atomic E-state index is -0.321. The van der Waals surface area contributed by atoms with Crippen LogP contribution < -0.4 is 10.6 Å². The molecule has 0 radical (unpaired) electrons. The van der Waals surface area contributed by atoms with Gasteiger partial charge in [0.05, 0.1) is 11.8 Å². The summed E-state index contributed by atoms with van der Waals surface area (Å²) in [5.41, 5.74) is 3.59. The molecular weight excluding hydrogens is 410 g/mol. The van der Waals surface area contributed by atoms with Gasteiger partial charge in [0.15, 0.2) is 11.0 Å². The molecule has 1 heterocycles. The van der Waals surface area contributed by atoms with Gasteiger partial charge < -0.3 is 15.2 Å². The van der Waals surface area contributed by atoms with Crippen LogP contribution in [0.5, 0.6) is 0 Å². The largest absolute Gasteiger partial charge is 0.342 e. The van der Waals surface area contributed by atoms with E-state index in [0.717, 1.165) is 16.8 Å². The first-order valence-electron chi connectivity index (χ1n) is 10.2. The van der Waals surface area contributed by atoms with Crippen LogP contribution >= 0.6 is 11.8 Å². The van der Waals surface area contributed by atoms with Crippen molar-refractivity contribution in [3.63, 3.8) is 0 Å². The summed E-state index contributed by atoms with van der Waals surface area (Å²) in [5.74, 6) is 0.605. The molecule has 0 aliphatic heterocycles. The second-order valence-electron chi connectivity index (χ2n) is 7.36. The molecule has 0 fully saturated rings. The summed E-state index contributed by atoms with van der Waals surface area (Å²) in [7, 11) is 0. The zero-order chi connectivity index (χ0) is 22.4. The third kappa shape index (κ3) is 5.95. The number of nitrogens with zero attached hydrogens (tertiary/aromatic N) is 3. The van der Waals surface area contributed by atoms with Crippen molar-refractivity contribution < 1.29 is 9.59 Å². The highest BCUT2D eigenvalue weighted by Gasteiger charge is 2.20. The zero-order valence-electron chi connectivity index (χ0n) is 18.2. The number of hydrogen-bond donors (Lipinski definition) is 2. The van der Waals surface area contributed by atoms with Crippen molar-refractivity contribution in [2.24, 2.45) is 0 Å². The van der Waals surface area contributed by atoms with Crippen LogP contribution in [0, 0.1) is 13.8 Å². The van der Waals surface area contributed by atoms with E-state index in [-0.39, 0.29) is 23.6 Å². The third-order valence-electron chi connectivity index (χ3n) is 4.67. The van der Waals surface area contributed by atoms with Gasteiger partial charge in [0.25, 0.3) is 5.91 Å². The molecule has 0 unspecified atom stereocenters. The number of thioether (sulfide) groups is 1. The molecule has 0 bridgehead atoms. The van der Waals surface area contributed by atoms with Crippen molar-refractivity contribution in [2.75, 3.05) is 11.1 Å². The maximum absolute atomic E-state index is 12.4. The minimum absolute atomic E-state index is 0.104. The Morgan fingerprint density at radius 3 is 2.39 bits per heavy atom. The van der Waals surface area contributed by atoms with E-state index in [1.54, 1.807) is 12.1 Å². The average molecular weight is 438 g/mol. The summed E-state index contributed by atoms with van der Waals surface area (Å²) in [4.78, 5) is 24.8. The Bertz CT molecular complexity index is 1040. The molecule has 31 heavy (non-hydrogen) atoms. The predicted molar refractivity (Wildman–Crippen MR) is 123 cm³/mol. The van der Waals surface area contributed by atoms with Crippen LogP contribution in [0.15, 0.2) is 53.7 Å². The van der Waals surface area contributed by atoms with E-state index >= 15 is 0 Å². The van der Waals surface area contributed by atoms with E-state index in [1.807, 2.05) is 62.6 Å². The molecule has 0 saturated heterocycles. The molecule has 3 rings (SSSR count). The number of hydrogen-bond acceptors (Lipinski definition) is 5. The van der Waals surface area contributed by atoms with Crippen LogP contribution in [-0.2, 0) is 11.3 Å². The number of benzene rings is 2. The van der Waals surface area contributed by atoms with Gasteiger partial charge in [-0.3, -0.25) is 9.59 Å². The molecule has 2 amide bonds. The lowest BCUT2D eigenvalue weighted by atomic mass is 10.1. The van der Waals surface area contributed by atoms with Gasteiger partial charge in [0, 0.05) is 17.8 Å². The Hall–Kier alpha value is -3.13.